The third kappa shape index (κ3) is 7.15. The third-order valence-electron chi connectivity index (χ3n) is 7.10. The van der Waals surface area contributed by atoms with Crippen molar-refractivity contribution in [1.29, 1.82) is 5.26 Å². The lowest BCUT2D eigenvalue weighted by atomic mass is 9.38. The molecule has 0 radical (unpaired) electrons. The molecule has 2 aromatic rings. The summed E-state index contributed by atoms with van der Waals surface area (Å²) in [7, 11) is 0. The summed E-state index contributed by atoms with van der Waals surface area (Å²) in [4.78, 5) is 11.9. The van der Waals surface area contributed by atoms with E-state index < -0.39 is 29.3 Å². The molecule has 0 spiro atoms. The first-order valence-corrected chi connectivity index (χ1v) is 12.6. The van der Waals surface area contributed by atoms with Gasteiger partial charge in [-0.2, -0.15) is 0 Å². The molecule has 8 heteroatoms. The Kier molecular flexibility index (Phi) is 8.91. The zero-order valence-corrected chi connectivity index (χ0v) is 21.6. The third-order valence-corrected chi connectivity index (χ3v) is 7.10. The highest BCUT2D eigenvalue weighted by atomic mass is 19.1. The highest BCUT2D eigenvalue weighted by Gasteiger charge is 2.40. The number of amides is 1. The summed E-state index contributed by atoms with van der Waals surface area (Å²) < 4.78 is 27.5. The van der Waals surface area contributed by atoms with E-state index in [1.54, 1.807) is 0 Å². The molecular weight excluding hydrogens is 459 g/mol. The molecular formula is C28H36BF2N3O2. The normalized spacial score (nSPS) is 19.9. The van der Waals surface area contributed by atoms with E-state index in [0.717, 1.165) is 30.8 Å². The average molecular weight is 495 g/mol. The lowest BCUT2D eigenvalue weighted by molar-refractivity contribution is -0.120. The van der Waals surface area contributed by atoms with E-state index in [9.17, 15) is 23.9 Å². The van der Waals surface area contributed by atoms with Crippen LogP contribution in [0.25, 0.3) is 0 Å². The van der Waals surface area contributed by atoms with Gasteiger partial charge in [0.1, 0.15) is 11.6 Å². The fourth-order valence-corrected chi connectivity index (χ4v) is 5.16. The number of aliphatic hydroxyl groups excluding tert-OH is 1. The van der Waals surface area contributed by atoms with E-state index in [1.807, 2.05) is 6.07 Å². The number of nitriles is 1. The Hall–Kier alpha value is -2.76. The molecule has 1 amide bonds. The lowest BCUT2D eigenvalue weighted by Gasteiger charge is -2.41. The monoisotopic (exact) mass is 495 g/mol. The van der Waals surface area contributed by atoms with Crippen LogP contribution in [0.3, 0.4) is 0 Å². The van der Waals surface area contributed by atoms with E-state index in [-0.39, 0.29) is 31.0 Å². The molecule has 192 valence electrons. The maximum atomic E-state index is 13.7. The topological polar surface area (TPSA) is 85.2 Å². The van der Waals surface area contributed by atoms with Gasteiger partial charge in [-0.15, -0.1) is 0 Å². The van der Waals surface area contributed by atoms with Crippen molar-refractivity contribution >= 4 is 12.6 Å². The lowest BCUT2D eigenvalue weighted by Crippen LogP contribution is -2.54. The molecule has 1 saturated heterocycles. The van der Waals surface area contributed by atoms with Crippen molar-refractivity contribution in [1.82, 2.24) is 10.6 Å². The summed E-state index contributed by atoms with van der Waals surface area (Å²) in [5.74, 6) is 0.667. The Morgan fingerprint density at radius 2 is 1.92 bits per heavy atom. The Morgan fingerprint density at radius 3 is 2.53 bits per heavy atom. The minimum absolute atomic E-state index is 0.0449. The highest BCUT2D eigenvalue weighted by molar-refractivity contribution is 6.67. The zero-order valence-electron chi connectivity index (χ0n) is 21.6. The van der Waals surface area contributed by atoms with Crippen molar-refractivity contribution in [3.63, 3.8) is 0 Å². The zero-order chi connectivity index (χ0) is 26.5. The summed E-state index contributed by atoms with van der Waals surface area (Å²) in [6, 6.07) is 10.8. The van der Waals surface area contributed by atoms with E-state index in [4.69, 9.17) is 0 Å². The van der Waals surface area contributed by atoms with Crippen LogP contribution in [0.15, 0.2) is 42.5 Å². The smallest absolute Gasteiger partial charge is 0.270 e. The molecule has 3 N–H and O–H groups in total. The van der Waals surface area contributed by atoms with Crippen LogP contribution in [0.4, 0.5) is 8.78 Å². The summed E-state index contributed by atoms with van der Waals surface area (Å²) in [5.41, 5.74) is 2.05. The number of rotatable bonds is 8. The van der Waals surface area contributed by atoms with Crippen molar-refractivity contribution in [2.24, 2.45) is 0 Å². The fourth-order valence-electron chi connectivity index (χ4n) is 5.16. The van der Waals surface area contributed by atoms with Crippen LogP contribution in [0.5, 0.6) is 0 Å². The van der Waals surface area contributed by atoms with Crippen molar-refractivity contribution in [3.8, 4) is 5.97 Å². The number of carbonyl (C=O) groups excluding carboxylic acids is 1. The number of halogens is 2. The molecule has 1 aliphatic heterocycles. The van der Waals surface area contributed by atoms with Crippen LogP contribution >= 0.6 is 0 Å². The van der Waals surface area contributed by atoms with Gasteiger partial charge in [0.05, 0.1) is 12.1 Å². The highest BCUT2D eigenvalue weighted by Crippen LogP contribution is 2.39. The Morgan fingerprint density at radius 1 is 1.22 bits per heavy atom. The summed E-state index contributed by atoms with van der Waals surface area (Å²) in [6.07, 6.45) is 2.18. The van der Waals surface area contributed by atoms with Crippen LogP contribution in [0.1, 0.15) is 57.2 Å². The first-order chi connectivity index (χ1) is 16.9. The number of carbonyl (C=O) groups is 1. The Labute approximate surface area is 213 Å². The Balaban J connectivity index is 1.86. The van der Waals surface area contributed by atoms with Gasteiger partial charge in [-0.05, 0) is 53.4 Å². The number of aliphatic hydroxyl groups is 1. The first kappa shape index (κ1) is 27.8. The molecule has 1 heterocycles. The number of nitrogens with one attached hydrogen (secondary N) is 2. The molecule has 36 heavy (non-hydrogen) atoms. The van der Waals surface area contributed by atoms with Crippen LogP contribution < -0.4 is 10.6 Å². The SMILES string of the molecule is CC(=O)NC(Cc1cc(F)cc(F)c1)C(O)CNC1(c2cccc(C(C)(C)C)c2)CCCB(C#N)C1. The van der Waals surface area contributed by atoms with Crippen molar-refractivity contribution < 1.29 is 18.7 Å². The fraction of sp³-hybridized carbons (Fsp3) is 0.500. The van der Waals surface area contributed by atoms with Gasteiger partial charge in [0.25, 0.3) is 6.71 Å². The molecule has 1 aliphatic rings. The van der Waals surface area contributed by atoms with Gasteiger partial charge in [0.2, 0.25) is 5.91 Å². The molecule has 3 rings (SSSR count). The van der Waals surface area contributed by atoms with Crippen LogP contribution in [-0.4, -0.2) is 36.4 Å². The van der Waals surface area contributed by atoms with Gasteiger partial charge in [0.15, 0.2) is 0 Å². The second-order valence-corrected chi connectivity index (χ2v) is 11.1. The summed E-state index contributed by atoms with van der Waals surface area (Å²) in [5, 5.41) is 27.1. The maximum absolute atomic E-state index is 13.7. The van der Waals surface area contributed by atoms with E-state index in [2.05, 4.69) is 55.6 Å². The van der Waals surface area contributed by atoms with Crippen molar-refractivity contribution in [3.05, 3.63) is 70.8 Å². The predicted octanol–water partition coefficient (Wildman–Crippen LogP) is 4.51. The minimum Gasteiger partial charge on any atom is -0.390 e. The first-order valence-electron chi connectivity index (χ1n) is 12.6. The molecule has 3 unspecified atom stereocenters. The van der Waals surface area contributed by atoms with E-state index in [0.29, 0.717) is 11.9 Å². The molecule has 0 aliphatic carbocycles. The quantitative estimate of drug-likeness (QED) is 0.471. The van der Waals surface area contributed by atoms with Crippen LogP contribution in [0.2, 0.25) is 12.6 Å². The largest absolute Gasteiger partial charge is 0.390 e. The minimum atomic E-state index is -1.02. The molecule has 2 aromatic carbocycles. The van der Waals surface area contributed by atoms with E-state index in [1.165, 1.54) is 24.6 Å². The van der Waals surface area contributed by atoms with Gasteiger partial charge < -0.3 is 15.7 Å². The average Bonchev–Trinajstić information content (AvgIpc) is 2.81. The second kappa shape index (κ2) is 11.5. The van der Waals surface area contributed by atoms with Crippen LogP contribution in [0, 0.1) is 22.9 Å². The van der Waals surface area contributed by atoms with E-state index >= 15 is 0 Å². The molecule has 1 fully saturated rings. The molecule has 5 nitrogen and oxygen atoms in total. The standard InChI is InChI=1S/C28H36BF2N3O2/c1-19(35)34-25(13-20-11-23(30)15-24(31)12-20)26(36)16-33-28(9-6-10-29(17-28)18-32)22-8-5-7-21(14-22)27(2,3)4/h5,7-8,11-12,14-15,25-26,33,36H,6,9-10,13,16-17H2,1-4H3,(H,34,35). The number of nitrogens with zero attached hydrogens (tertiary/aromatic N) is 1. The predicted molar refractivity (Wildman–Crippen MR) is 139 cm³/mol. The van der Waals surface area contributed by atoms with Crippen LogP contribution in [-0.2, 0) is 22.2 Å². The number of benzene rings is 2. The number of hydrogen-bond donors (Lipinski definition) is 3. The van der Waals surface area contributed by atoms with Crippen molar-refractivity contribution in [2.45, 2.75) is 82.7 Å². The summed E-state index contributed by atoms with van der Waals surface area (Å²) >= 11 is 0. The number of hydrogen-bond acceptors (Lipinski definition) is 4. The van der Waals surface area contributed by atoms with Crippen molar-refractivity contribution in [2.75, 3.05) is 6.54 Å². The van der Waals surface area contributed by atoms with Gasteiger partial charge in [-0.25, -0.2) is 14.0 Å². The van der Waals surface area contributed by atoms with Gasteiger partial charge in [-0.1, -0.05) is 57.8 Å². The molecule has 0 aromatic heterocycles. The van der Waals surface area contributed by atoms with Gasteiger partial charge in [0, 0.05) is 31.0 Å². The molecule has 0 bridgehead atoms. The molecule has 0 saturated carbocycles. The molecule has 3 atom stereocenters. The second-order valence-electron chi connectivity index (χ2n) is 11.1. The van der Waals surface area contributed by atoms with Gasteiger partial charge >= 0.3 is 0 Å². The maximum Gasteiger partial charge on any atom is 0.270 e. The Bertz CT molecular complexity index is 1090. The summed E-state index contributed by atoms with van der Waals surface area (Å²) in [6.45, 7) is 7.84. The van der Waals surface area contributed by atoms with Gasteiger partial charge in [-0.3, -0.25) is 4.79 Å².